The van der Waals surface area contributed by atoms with Crippen LogP contribution in [0.15, 0.2) is 73.1 Å². The van der Waals surface area contributed by atoms with Crippen LogP contribution in [0.3, 0.4) is 0 Å². The zero-order valence-electron chi connectivity index (χ0n) is 14.2. The number of carbonyl (C=O) groups excluding carboxylic acids is 1. The van der Waals surface area contributed by atoms with E-state index in [2.05, 4.69) is 15.4 Å². The molecule has 0 saturated carbocycles. The molecule has 0 saturated heterocycles. The maximum Gasteiger partial charge on any atom is 0.277 e. The largest absolute Gasteiger partial charge is 0.296 e. The molecule has 1 N–H and O–H groups in total. The lowest BCUT2D eigenvalue weighted by Crippen LogP contribution is -2.12. The van der Waals surface area contributed by atoms with Gasteiger partial charge in [0.25, 0.3) is 5.91 Å². The number of carbonyl (C=O) groups is 1. The van der Waals surface area contributed by atoms with E-state index in [4.69, 9.17) is 0 Å². The average molecular weight is 378 g/mol. The Morgan fingerprint density at radius 1 is 1.11 bits per heavy atom. The van der Waals surface area contributed by atoms with Gasteiger partial charge in [-0.05, 0) is 35.9 Å². The van der Waals surface area contributed by atoms with Crippen LogP contribution in [0.25, 0.3) is 5.69 Å². The highest BCUT2D eigenvalue weighted by molar-refractivity contribution is 7.15. The highest BCUT2D eigenvalue weighted by Crippen LogP contribution is 2.22. The Hall–Kier alpha value is -3.32. The Kier molecular flexibility index (Phi) is 4.76. The smallest absolute Gasteiger partial charge is 0.277 e. The van der Waals surface area contributed by atoms with E-state index >= 15 is 0 Å². The van der Waals surface area contributed by atoms with Gasteiger partial charge in [0.05, 0.1) is 5.69 Å². The van der Waals surface area contributed by atoms with Crippen molar-refractivity contribution in [3.8, 4) is 5.69 Å². The number of hydrogen-bond donors (Lipinski definition) is 1. The molecule has 1 amide bonds. The summed E-state index contributed by atoms with van der Waals surface area (Å²) >= 11 is 1.36. The van der Waals surface area contributed by atoms with E-state index in [-0.39, 0.29) is 11.7 Å². The number of para-hydroxylation sites is 1. The SMILES string of the molecule is O=C(Nc1ncc(Cc2cccc(F)c2)s1)c1ccn(-c2ccccc2)n1. The third-order valence-electron chi connectivity index (χ3n) is 3.88. The molecule has 0 aliphatic carbocycles. The third-order valence-corrected chi connectivity index (χ3v) is 4.80. The molecule has 2 aromatic carbocycles. The fourth-order valence-electron chi connectivity index (χ4n) is 2.63. The van der Waals surface area contributed by atoms with Crippen molar-refractivity contribution >= 4 is 22.4 Å². The molecule has 0 fully saturated rings. The molecule has 2 aromatic heterocycles. The summed E-state index contributed by atoms with van der Waals surface area (Å²) in [6.45, 7) is 0. The first-order valence-electron chi connectivity index (χ1n) is 8.29. The van der Waals surface area contributed by atoms with Crippen molar-refractivity contribution < 1.29 is 9.18 Å². The molecule has 27 heavy (non-hydrogen) atoms. The van der Waals surface area contributed by atoms with Crippen LogP contribution in [-0.4, -0.2) is 20.7 Å². The summed E-state index contributed by atoms with van der Waals surface area (Å²) in [4.78, 5) is 17.6. The van der Waals surface area contributed by atoms with E-state index in [0.29, 0.717) is 17.2 Å². The zero-order chi connectivity index (χ0) is 18.6. The van der Waals surface area contributed by atoms with Gasteiger partial charge in [0, 0.05) is 23.7 Å². The fraction of sp³-hybridized carbons (Fsp3) is 0.0500. The van der Waals surface area contributed by atoms with Crippen LogP contribution in [0.4, 0.5) is 9.52 Å². The van der Waals surface area contributed by atoms with Crippen molar-refractivity contribution in [3.05, 3.63) is 95.0 Å². The zero-order valence-corrected chi connectivity index (χ0v) is 15.0. The van der Waals surface area contributed by atoms with E-state index in [1.807, 2.05) is 36.4 Å². The van der Waals surface area contributed by atoms with Gasteiger partial charge in [-0.15, -0.1) is 11.3 Å². The van der Waals surface area contributed by atoms with Crippen LogP contribution < -0.4 is 5.32 Å². The van der Waals surface area contributed by atoms with Gasteiger partial charge in [0.1, 0.15) is 5.82 Å². The number of hydrogen-bond acceptors (Lipinski definition) is 4. The minimum atomic E-state index is -0.323. The molecule has 4 aromatic rings. The number of anilines is 1. The van der Waals surface area contributed by atoms with Crippen LogP contribution >= 0.6 is 11.3 Å². The molecular formula is C20H15FN4OS. The number of halogens is 1. The fourth-order valence-corrected chi connectivity index (χ4v) is 3.47. The van der Waals surface area contributed by atoms with Gasteiger partial charge in [-0.3, -0.25) is 10.1 Å². The van der Waals surface area contributed by atoms with Gasteiger partial charge in [0.15, 0.2) is 10.8 Å². The second-order valence-electron chi connectivity index (χ2n) is 5.87. The van der Waals surface area contributed by atoms with E-state index in [1.54, 1.807) is 29.2 Å². The van der Waals surface area contributed by atoms with Crippen LogP contribution in [0.1, 0.15) is 20.9 Å². The predicted octanol–water partition coefficient (Wildman–Crippen LogP) is 4.31. The Morgan fingerprint density at radius 2 is 1.96 bits per heavy atom. The number of thiazole rings is 1. The molecule has 0 atom stereocenters. The number of rotatable bonds is 5. The number of nitrogens with zero attached hydrogens (tertiary/aromatic N) is 3. The molecule has 0 aliphatic heterocycles. The molecule has 0 aliphatic rings. The maximum absolute atomic E-state index is 13.3. The van der Waals surface area contributed by atoms with Crippen molar-refractivity contribution in [3.63, 3.8) is 0 Å². The maximum atomic E-state index is 13.3. The summed E-state index contributed by atoms with van der Waals surface area (Å²) in [6.07, 6.45) is 3.99. The van der Waals surface area contributed by atoms with Crippen LogP contribution in [0, 0.1) is 5.82 Å². The monoisotopic (exact) mass is 378 g/mol. The van der Waals surface area contributed by atoms with Crippen molar-refractivity contribution in [2.75, 3.05) is 5.32 Å². The minimum absolute atomic E-state index is 0.264. The van der Waals surface area contributed by atoms with Crippen molar-refractivity contribution in [1.82, 2.24) is 14.8 Å². The highest BCUT2D eigenvalue weighted by atomic mass is 32.1. The Morgan fingerprint density at radius 3 is 2.78 bits per heavy atom. The first kappa shape index (κ1) is 17.1. The molecule has 7 heteroatoms. The van der Waals surface area contributed by atoms with E-state index in [0.717, 1.165) is 16.1 Å². The van der Waals surface area contributed by atoms with Gasteiger partial charge in [-0.2, -0.15) is 5.10 Å². The van der Waals surface area contributed by atoms with Gasteiger partial charge in [0.2, 0.25) is 0 Å². The molecule has 0 bridgehead atoms. The topological polar surface area (TPSA) is 59.8 Å². The standard InChI is InChI=1S/C20H15FN4OS/c21-15-6-4-5-14(11-15)12-17-13-22-20(27-17)23-19(26)18-9-10-25(24-18)16-7-2-1-3-8-16/h1-11,13H,12H2,(H,22,23,26). The number of aromatic nitrogens is 3. The second-order valence-corrected chi connectivity index (χ2v) is 6.99. The number of nitrogens with one attached hydrogen (secondary N) is 1. The second kappa shape index (κ2) is 7.51. The molecular weight excluding hydrogens is 363 g/mol. The van der Waals surface area contributed by atoms with E-state index in [9.17, 15) is 9.18 Å². The lowest BCUT2D eigenvalue weighted by molar-refractivity contribution is 0.102. The number of amides is 1. The van der Waals surface area contributed by atoms with Gasteiger partial charge in [-0.25, -0.2) is 14.1 Å². The molecule has 0 radical (unpaired) electrons. The Bertz CT molecular complexity index is 1070. The van der Waals surface area contributed by atoms with Crippen molar-refractivity contribution in [2.45, 2.75) is 6.42 Å². The van der Waals surface area contributed by atoms with Crippen molar-refractivity contribution in [2.24, 2.45) is 0 Å². The highest BCUT2D eigenvalue weighted by Gasteiger charge is 2.13. The van der Waals surface area contributed by atoms with Gasteiger partial charge < -0.3 is 0 Å². The average Bonchev–Trinajstić information content (AvgIpc) is 3.32. The first-order valence-corrected chi connectivity index (χ1v) is 9.10. The number of benzene rings is 2. The normalized spacial score (nSPS) is 10.7. The van der Waals surface area contributed by atoms with Gasteiger partial charge >= 0.3 is 0 Å². The minimum Gasteiger partial charge on any atom is -0.296 e. The summed E-state index contributed by atoms with van der Waals surface area (Å²) < 4.78 is 14.9. The van der Waals surface area contributed by atoms with E-state index < -0.39 is 0 Å². The molecule has 0 spiro atoms. The Labute approximate surface area is 159 Å². The van der Waals surface area contributed by atoms with Gasteiger partial charge in [-0.1, -0.05) is 30.3 Å². The molecule has 134 valence electrons. The van der Waals surface area contributed by atoms with Crippen LogP contribution in [0.2, 0.25) is 0 Å². The Balaban J connectivity index is 1.43. The quantitative estimate of drug-likeness (QED) is 0.563. The lowest BCUT2D eigenvalue weighted by Gasteiger charge is -2.00. The third kappa shape index (κ3) is 4.09. The van der Waals surface area contributed by atoms with Crippen LogP contribution in [0.5, 0.6) is 0 Å². The summed E-state index contributed by atoms with van der Waals surface area (Å²) in [5.74, 6) is -0.587. The summed E-state index contributed by atoms with van der Waals surface area (Å²) in [7, 11) is 0. The summed E-state index contributed by atoms with van der Waals surface area (Å²) in [6, 6.07) is 17.7. The summed E-state index contributed by atoms with van der Waals surface area (Å²) in [5, 5.41) is 7.55. The van der Waals surface area contributed by atoms with Crippen molar-refractivity contribution in [1.29, 1.82) is 0 Å². The molecule has 2 heterocycles. The molecule has 0 unspecified atom stereocenters. The summed E-state index contributed by atoms with van der Waals surface area (Å²) in [5.41, 5.74) is 2.04. The predicted molar refractivity (Wildman–Crippen MR) is 103 cm³/mol. The molecule has 4 rings (SSSR count). The van der Waals surface area contributed by atoms with E-state index in [1.165, 1.54) is 23.5 Å². The first-order chi connectivity index (χ1) is 13.2. The van der Waals surface area contributed by atoms with Crippen LogP contribution in [-0.2, 0) is 6.42 Å². The lowest BCUT2D eigenvalue weighted by atomic mass is 10.1. The molecule has 5 nitrogen and oxygen atoms in total.